The summed E-state index contributed by atoms with van der Waals surface area (Å²) >= 11 is 0. The van der Waals surface area contributed by atoms with Gasteiger partial charge in [0.05, 0.1) is 0 Å². The fourth-order valence-electron chi connectivity index (χ4n) is 0.857. The summed E-state index contributed by atoms with van der Waals surface area (Å²) in [5.41, 5.74) is 1.37. The second kappa shape index (κ2) is 6.66. The predicted octanol–water partition coefficient (Wildman–Crippen LogP) is 2.69. The highest BCUT2D eigenvalue weighted by atomic mass is 14.9. The molecule has 0 saturated heterocycles. The first-order valence-electron chi connectivity index (χ1n) is 4.24. The average Bonchev–Trinajstić information content (AvgIpc) is 1.99. The Hall–Kier alpha value is -0.460. The molecule has 0 heterocycles. The molecule has 60 valence electrons. The molecule has 1 nitrogen and oxygen atoms in total. The number of allylic oxidation sites excluding steroid dienone is 2. The molecular weight excluding hydrogens is 122 g/mol. The SMILES string of the molecule is C/C=C(\CC)NCCCC. The van der Waals surface area contributed by atoms with Crippen molar-refractivity contribution >= 4 is 0 Å². The van der Waals surface area contributed by atoms with Gasteiger partial charge in [-0.2, -0.15) is 0 Å². The molecule has 0 aliphatic carbocycles. The number of hydrogen-bond donors (Lipinski definition) is 1. The minimum Gasteiger partial charge on any atom is -0.389 e. The van der Waals surface area contributed by atoms with E-state index in [1.165, 1.54) is 18.5 Å². The van der Waals surface area contributed by atoms with Gasteiger partial charge in [0.1, 0.15) is 0 Å². The van der Waals surface area contributed by atoms with Crippen LogP contribution in [0.3, 0.4) is 0 Å². The van der Waals surface area contributed by atoms with Gasteiger partial charge in [0.25, 0.3) is 0 Å². The molecule has 1 heteroatoms. The molecule has 0 fully saturated rings. The zero-order chi connectivity index (χ0) is 7.82. The van der Waals surface area contributed by atoms with Crippen molar-refractivity contribution in [2.24, 2.45) is 0 Å². The predicted molar refractivity (Wildman–Crippen MR) is 47.0 cm³/mol. The minimum absolute atomic E-state index is 1.13. The molecule has 0 spiro atoms. The Morgan fingerprint density at radius 2 is 2.10 bits per heavy atom. The Morgan fingerprint density at radius 1 is 1.40 bits per heavy atom. The Morgan fingerprint density at radius 3 is 2.50 bits per heavy atom. The standard InChI is InChI=1S/C9H19N/c1-4-7-8-10-9(5-2)6-3/h5,10H,4,6-8H2,1-3H3/b9-5+. The lowest BCUT2D eigenvalue weighted by Gasteiger charge is -2.06. The van der Waals surface area contributed by atoms with E-state index in [9.17, 15) is 0 Å². The van der Waals surface area contributed by atoms with Crippen LogP contribution in [0.2, 0.25) is 0 Å². The molecule has 0 aromatic heterocycles. The van der Waals surface area contributed by atoms with Crippen LogP contribution in [0, 0.1) is 0 Å². The lowest BCUT2D eigenvalue weighted by molar-refractivity contribution is 0.693. The van der Waals surface area contributed by atoms with Crippen LogP contribution in [0.15, 0.2) is 11.8 Å². The van der Waals surface area contributed by atoms with E-state index in [1.54, 1.807) is 0 Å². The summed E-state index contributed by atoms with van der Waals surface area (Å²) < 4.78 is 0. The van der Waals surface area contributed by atoms with E-state index in [1.807, 2.05) is 0 Å². The van der Waals surface area contributed by atoms with Gasteiger partial charge in [0.15, 0.2) is 0 Å². The lowest BCUT2D eigenvalue weighted by Crippen LogP contribution is -2.13. The highest BCUT2D eigenvalue weighted by molar-refractivity contribution is 4.95. The summed E-state index contributed by atoms with van der Waals surface area (Å²) in [6.45, 7) is 7.60. The maximum absolute atomic E-state index is 3.38. The molecule has 0 saturated carbocycles. The van der Waals surface area contributed by atoms with Crippen molar-refractivity contribution in [3.8, 4) is 0 Å². The Balaban J connectivity index is 3.27. The van der Waals surface area contributed by atoms with E-state index in [2.05, 4.69) is 32.2 Å². The first kappa shape index (κ1) is 9.54. The lowest BCUT2D eigenvalue weighted by atomic mass is 10.3. The van der Waals surface area contributed by atoms with Crippen LogP contribution in [0.5, 0.6) is 0 Å². The highest BCUT2D eigenvalue weighted by Crippen LogP contribution is 1.94. The fourth-order valence-corrected chi connectivity index (χ4v) is 0.857. The quantitative estimate of drug-likeness (QED) is 0.580. The van der Waals surface area contributed by atoms with Gasteiger partial charge < -0.3 is 5.32 Å². The van der Waals surface area contributed by atoms with Crippen molar-refractivity contribution < 1.29 is 0 Å². The van der Waals surface area contributed by atoms with Gasteiger partial charge in [-0.25, -0.2) is 0 Å². The van der Waals surface area contributed by atoms with Gasteiger partial charge in [0, 0.05) is 12.2 Å². The summed E-state index contributed by atoms with van der Waals surface area (Å²) in [6, 6.07) is 0. The van der Waals surface area contributed by atoms with Crippen molar-refractivity contribution in [2.45, 2.75) is 40.0 Å². The van der Waals surface area contributed by atoms with E-state index in [4.69, 9.17) is 0 Å². The van der Waals surface area contributed by atoms with Crippen molar-refractivity contribution in [3.05, 3.63) is 11.8 Å². The monoisotopic (exact) mass is 141 g/mol. The maximum atomic E-state index is 3.38. The number of rotatable bonds is 5. The molecule has 0 aliphatic rings. The first-order chi connectivity index (χ1) is 4.85. The second-order valence-corrected chi connectivity index (χ2v) is 2.45. The minimum atomic E-state index is 1.13. The van der Waals surface area contributed by atoms with Crippen LogP contribution < -0.4 is 5.32 Å². The molecule has 0 atom stereocenters. The fraction of sp³-hybridized carbons (Fsp3) is 0.778. The maximum Gasteiger partial charge on any atom is 0.0143 e. The first-order valence-corrected chi connectivity index (χ1v) is 4.24. The number of unbranched alkanes of at least 4 members (excludes halogenated alkanes) is 1. The molecule has 0 aromatic carbocycles. The molecule has 0 amide bonds. The van der Waals surface area contributed by atoms with Gasteiger partial charge in [-0.3, -0.25) is 0 Å². The van der Waals surface area contributed by atoms with Crippen molar-refractivity contribution in [3.63, 3.8) is 0 Å². The van der Waals surface area contributed by atoms with Gasteiger partial charge in [0.2, 0.25) is 0 Å². The average molecular weight is 141 g/mol. The molecule has 10 heavy (non-hydrogen) atoms. The highest BCUT2D eigenvalue weighted by Gasteiger charge is 1.88. The topological polar surface area (TPSA) is 12.0 Å². The van der Waals surface area contributed by atoms with Crippen LogP contribution in [-0.4, -0.2) is 6.54 Å². The molecule has 0 unspecified atom stereocenters. The van der Waals surface area contributed by atoms with E-state index < -0.39 is 0 Å². The molecule has 1 N–H and O–H groups in total. The van der Waals surface area contributed by atoms with Crippen LogP contribution >= 0.6 is 0 Å². The van der Waals surface area contributed by atoms with Crippen molar-refractivity contribution in [1.82, 2.24) is 5.32 Å². The van der Waals surface area contributed by atoms with Crippen molar-refractivity contribution in [2.75, 3.05) is 6.54 Å². The summed E-state index contributed by atoms with van der Waals surface area (Å²) in [5.74, 6) is 0. The third kappa shape index (κ3) is 4.42. The van der Waals surface area contributed by atoms with Crippen LogP contribution in [0.25, 0.3) is 0 Å². The summed E-state index contributed by atoms with van der Waals surface area (Å²) in [4.78, 5) is 0. The van der Waals surface area contributed by atoms with Crippen LogP contribution in [0.1, 0.15) is 40.0 Å². The summed E-state index contributed by atoms with van der Waals surface area (Å²) in [6.07, 6.45) is 5.82. The van der Waals surface area contributed by atoms with Crippen LogP contribution in [-0.2, 0) is 0 Å². The van der Waals surface area contributed by atoms with E-state index in [0.29, 0.717) is 0 Å². The van der Waals surface area contributed by atoms with E-state index in [-0.39, 0.29) is 0 Å². The number of nitrogens with one attached hydrogen (secondary N) is 1. The Labute approximate surface area is 64.5 Å². The molecule has 0 bridgehead atoms. The zero-order valence-electron chi connectivity index (χ0n) is 7.41. The molecule has 0 aliphatic heterocycles. The van der Waals surface area contributed by atoms with Gasteiger partial charge >= 0.3 is 0 Å². The zero-order valence-corrected chi connectivity index (χ0v) is 7.41. The number of hydrogen-bond acceptors (Lipinski definition) is 1. The molecule has 0 aromatic rings. The summed E-state index contributed by atoms with van der Waals surface area (Å²) in [7, 11) is 0. The Kier molecular flexibility index (Phi) is 6.35. The third-order valence-corrected chi connectivity index (χ3v) is 1.61. The largest absolute Gasteiger partial charge is 0.389 e. The Bertz CT molecular complexity index is 94.9. The third-order valence-electron chi connectivity index (χ3n) is 1.61. The van der Waals surface area contributed by atoms with Crippen LogP contribution in [0.4, 0.5) is 0 Å². The smallest absolute Gasteiger partial charge is 0.0143 e. The van der Waals surface area contributed by atoms with E-state index >= 15 is 0 Å². The van der Waals surface area contributed by atoms with Gasteiger partial charge in [-0.1, -0.05) is 26.3 Å². The van der Waals surface area contributed by atoms with E-state index in [0.717, 1.165) is 13.0 Å². The molecule has 0 rings (SSSR count). The normalized spacial score (nSPS) is 11.7. The second-order valence-electron chi connectivity index (χ2n) is 2.45. The van der Waals surface area contributed by atoms with Gasteiger partial charge in [-0.15, -0.1) is 0 Å². The van der Waals surface area contributed by atoms with Gasteiger partial charge in [-0.05, 0) is 19.8 Å². The van der Waals surface area contributed by atoms with Crippen molar-refractivity contribution in [1.29, 1.82) is 0 Å². The summed E-state index contributed by atoms with van der Waals surface area (Å²) in [5, 5.41) is 3.38. The molecule has 0 radical (unpaired) electrons. The molecular formula is C9H19N.